The normalized spacial score (nSPS) is 11.0. The van der Waals surface area contributed by atoms with Crippen molar-refractivity contribution in [3.63, 3.8) is 0 Å². The van der Waals surface area contributed by atoms with E-state index >= 15 is 0 Å². The summed E-state index contributed by atoms with van der Waals surface area (Å²) < 4.78 is 28.6. The highest BCUT2D eigenvalue weighted by atomic mass is 35.5. The van der Waals surface area contributed by atoms with E-state index in [2.05, 4.69) is 5.32 Å². The maximum Gasteiger partial charge on any atom is 0.332 e. The molecule has 0 unspecified atom stereocenters. The molecule has 1 aromatic heterocycles. The molecule has 1 heterocycles. The lowest BCUT2D eigenvalue weighted by Gasteiger charge is -2.14. The predicted octanol–water partition coefficient (Wildman–Crippen LogP) is 3.78. The maximum atomic E-state index is 13.2. The van der Waals surface area contributed by atoms with Crippen molar-refractivity contribution < 1.29 is 13.6 Å². The number of carbonyl (C=O) groups is 1. The number of carbonyl (C=O) groups excluding carboxylic acids is 1. The third kappa shape index (κ3) is 4.31. The fraction of sp³-hybridized carbons (Fsp3) is 0.0870. The van der Waals surface area contributed by atoms with Crippen LogP contribution in [-0.4, -0.2) is 15.0 Å². The number of benzene rings is 3. The molecule has 0 radical (unpaired) electrons. The van der Waals surface area contributed by atoms with Gasteiger partial charge in [-0.3, -0.25) is 18.7 Å². The first-order valence-electron chi connectivity index (χ1n) is 9.55. The number of rotatable bonds is 5. The molecule has 0 bridgehead atoms. The fourth-order valence-electron chi connectivity index (χ4n) is 3.36. The van der Waals surface area contributed by atoms with Crippen molar-refractivity contribution in [1.82, 2.24) is 9.13 Å². The number of nitrogens with one attached hydrogen (secondary N) is 1. The molecule has 0 saturated heterocycles. The van der Waals surface area contributed by atoms with Crippen LogP contribution >= 0.6 is 11.6 Å². The van der Waals surface area contributed by atoms with E-state index in [9.17, 15) is 23.2 Å². The van der Waals surface area contributed by atoms with E-state index < -0.39 is 35.3 Å². The number of halogens is 3. The van der Waals surface area contributed by atoms with Gasteiger partial charge in [-0.05, 0) is 48.0 Å². The molecule has 0 aliphatic rings. The SMILES string of the molecule is O=C(Cn1c(=O)n(Cc2ccc(F)cc2)c(=O)c2ccccc21)Nc1ccc(F)cc1Cl. The number of aromatic nitrogens is 2. The lowest BCUT2D eigenvalue weighted by atomic mass is 10.2. The van der Waals surface area contributed by atoms with Crippen LogP contribution in [0.4, 0.5) is 14.5 Å². The third-order valence-electron chi connectivity index (χ3n) is 4.89. The Kier molecular flexibility index (Phi) is 5.87. The van der Waals surface area contributed by atoms with Gasteiger partial charge in [-0.25, -0.2) is 13.6 Å². The Morgan fingerprint density at radius 3 is 2.31 bits per heavy atom. The molecular weight excluding hydrogens is 440 g/mol. The Hall–Kier alpha value is -3.78. The van der Waals surface area contributed by atoms with Crippen molar-refractivity contribution in [3.8, 4) is 0 Å². The molecular formula is C23H16ClF2N3O3. The molecule has 6 nitrogen and oxygen atoms in total. The van der Waals surface area contributed by atoms with Crippen LogP contribution in [0.25, 0.3) is 10.9 Å². The van der Waals surface area contributed by atoms with Gasteiger partial charge in [0, 0.05) is 0 Å². The van der Waals surface area contributed by atoms with Gasteiger partial charge >= 0.3 is 5.69 Å². The van der Waals surface area contributed by atoms with Gasteiger partial charge in [-0.1, -0.05) is 35.9 Å². The van der Waals surface area contributed by atoms with Gasteiger partial charge < -0.3 is 5.32 Å². The first-order chi connectivity index (χ1) is 15.3. The molecule has 0 atom stereocenters. The summed E-state index contributed by atoms with van der Waals surface area (Å²) in [6.45, 7) is -0.495. The molecule has 3 aromatic carbocycles. The number of hydrogen-bond donors (Lipinski definition) is 1. The Bertz CT molecular complexity index is 1450. The van der Waals surface area contributed by atoms with Crippen molar-refractivity contribution in [2.24, 2.45) is 0 Å². The minimum Gasteiger partial charge on any atom is -0.323 e. The molecule has 0 saturated carbocycles. The zero-order valence-electron chi connectivity index (χ0n) is 16.5. The molecule has 0 fully saturated rings. The van der Waals surface area contributed by atoms with E-state index in [1.807, 2.05) is 0 Å². The van der Waals surface area contributed by atoms with Crippen molar-refractivity contribution in [2.45, 2.75) is 13.1 Å². The molecule has 0 aliphatic carbocycles. The highest BCUT2D eigenvalue weighted by Crippen LogP contribution is 2.22. The van der Waals surface area contributed by atoms with Gasteiger partial charge in [-0.2, -0.15) is 0 Å². The van der Waals surface area contributed by atoms with Crippen LogP contribution in [0.3, 0.4) is 0 Å². The van der Waals surface area contributed by atoms with Crippen molar-refractivity contribution in [2.75, 3.05) is 5.32 Å². The summed E-state index contributed by atoms with van der Waals surface area (Å²) in [5.74, 6) is -1.58. The smallest absolute Gasteiger partial charge is 0.323 e. The average Bonchev–Trinajstić information content (AvgIpc) is 2.77. The molecule has 4 aromatic rings. The van der Waals surface area contributed by atoms with Crippen LogP contribution < -0.4 is 16.6 Å². The summed E-state index contributed by atoms with van der Waals surface area (Å²) >= 11 is 5.95. The molecule has 162 valence electrons. The standard InChI is InChI=1S/C23H16ClF2N3O3/c24-18-11-16(26)9-10-19(18)27-21(30)13-28-20-4-2-1-3-17(20)22(31)29(23(28)32)12-14-5-7-15(25)8-6-14/h1-11H,12-13H2,(H,27,30). The fourth-order valence-corrected chi connectivity index (χ4v) is 3.57. The second-order valence-corrected chi connectivity index (χ2v) is 7.48. The van der Waals surface area contributed by atoms with E-state index in [0.717, 1.165) is 16.7 Å². The van der Waals surface area contributed by atoms with Gasteiger partial charge in [0.1, 0.15) is 18.2 Å². The van der Waals surface area contributed by atoms with E-state index in [0.29, 0.717) is 11.1 Å². The second kappa shape index (κ2) is 8.76. The zero-order chi connectivity index (χ0) is 22.8. The quantitative estimate of drug-likeness (QED) is 0.497. The Balaban J connectivity index is 1.74. The van der Waals surface area contributed by atoms with Crippen molar-refractivity contribution in [3.05, 3.63) is 110 Å². The summed E-state index contributed by atoms with van der Waals surface area (Å²) in [5.41, 5.74) is -0.185. The Labute approximate surface area is 185 Å². The third-order valence-corrected chi connectivity index (χ3v) is 5.21. The highest BCUT2D eigenvalue weighted by molar-refractivity contribution is 6.33. The van der Waals surface area contributed by atoms with Gasteiger partial charge in [0.15, 0.2) is 0 Å². The average molecular weight is 456 g/mol. The van der Waals surface area contributed by atoms with Crippen LogP contribution in [0, 0.1) is 11.6 Å². The van der Waals surface area contributed by atoms with E-state index in [4.69, 9.17) is 11.6 Å². The molecule has 9 heteroatoms. The van der Waals surface area contributed by atoms with E-state index in [1.54, 1.807) is 24.3 Å². The molecule has 0 aliphatic heterocycles. The molecule has 32 heavy (non-hydrogen) atoms. The number of nitrogens with zero attached hydrogens (tertiary/aromatic N) is 2. The summed E-state index contributed by atoms with van der Waals surface area (Å²) in [7, 11) is 0. The largest absolute Gasteiger partial charge is 0.332 e. The van der Waals surface area contributed by atoms with Crippen LogP contribution in [0.15, 0.2) is 76.3 Å². The number of amides is 1. The minimum atomic E-state index is -0.696. The monoisotopic (exact) mass is 455 g/mol. The lowest BCUT2D eigenvalue weighted by molar-refractivity contribution is -0.116. The molecule has 0 spiro atoms. The number of hydrogen-bond acceptors (Lipinski definition) is 3. The minimum absolute atomic E-state index is 0.0110. The summed E-state index contributed by atoms with van der Waals surface area (Å²) in [6, 6.07) is 15.4. The van der Waals surface area contributed by atoms with Crippen LogP contribution in [0.1, 0.15) is 5.56 Å². The van der Waals surface area contributed by atoms with Crippen molar-refractivity contribution >= 4 is 34.1 Å². The topological polar surface area (TPSA) is 73.1 Å². The zero-order valence-corrected chi connectivity index (χ0v) is 17.3. The van der Waals surface area contributed by atoms with Gasteiger partial charge in [-0.15, -0.1) is 0 Å². The van der Waals surface area contributed by atoms with Crippen LogP contribution in [0.2, 0.25) is 5.02 Å². The lowest BCUT2D eigenvalue weighted by Crippen LogP contribution is -2.42. The second-order valence-electron chi connectivity index (χ2n) is 7.08. The molecule has 4 rings (SSSR count). The van der Waals surface area contributed by atoms with Gasteiger partial charge in [0.05, 0.1) is 28.2 Å². The molecule has 1 N–H and O–H groups in total. The van der Waals surface area contributed by atoms with Gasteiger partial charge in [0.2, 0.25) is 5.91 Å². The predicted molar refractivity (Wildman–Crippen MR) is 118 cm³/mol. The van der Waals surface area contributed by atoms with E-state index in [1.165, 1.54) is 34.9 Å². The van der Waals surface area contributed by atoms with Crippen molar-refractivity contribution in [1.29, 1.82) is 0 Å². The first kappa shape index (κ1) is 21.5. The highest BCUT2D eigenvalue weighted by Gasteiger charge is 2.16. The van der Waals surface area contributed by atoms with Crippen LogP contribution in [0.5, 0.6) is 0 Å². The first-order valence-corrected chi connectivity index (χ1v) is 9.93. The Morgan fingerprint density at radius 1 is 0.906 bits per heavy atom. The summed E-state index contributed by atoms with van der Waals surface area (Å²) in [4.78, 5) is 38.8. The van der Waals surface area contributed by atoms with Gasteiger partial charge in [0.25, 0.3) is 5.56 Å². The van der Waals surface area contributed by atoms with Crippen LogP contribution in [-0.2, 0) is 17.9 Å². The Morgan fingerprint density at radius 2 is 1.59 bits per heavy atom. The van der Waals surface area contributed by atoms with E-state index in [-0.39, 0.29) is 22.6 Å². The maximum absolute atomic E-state index is 13.2. The number of anilines is 1. The number of fused-ring (bicyclic) bond motifs is 1. The molecule has 1 amide bonds. The summed E-state index contributed by atoms with van der Waals surface area (Å²) in [6.07, 6.45) is 0. The number of para-hydroxylation sites is 1. The summed E-state index contributed by atoms with van der Waals surface area (Å²) in [5, 5.41) is 2.80.